The fourth-order valence-corrected chi connectivity index (χ4v) is 2.93. The predicted molar refractivity (Wildman–Crippen MR) is 68.9 cm³/mol. The van der Waals surface area contributed by atoms with Gasteiger partial charge in [-0.2, -0.15) is 0 Å². The zero-order valence-corrected chi connectivity index (χ0v) is 11.0. The highest BCUT2D eigenvalue weighted by Crippen LogP contribution is 2.39. The first-order chi connectivity index (χ1) is 7.54. The Morgan fingerprint density at radius 1 is 1.44 bits per heavy atom. The molecule has 4 heteroatoms. The van der Waals surface area contributed by atoms with Crippen LogP contribution in [0.4, 0.5) is 0 Å². The normalized spacial score (nSPS) is 20.5. The Hall–Kier alpha value is -0.280. The molecular formula is C12H16Cl2N2. The van der Waals surface area contributed by atoms with E-state index < -0.39 is 0 Å². The van der Waals surface area contributed by atoms with Crippen LogP contribution in [-0.4, -0.2) is 17.5 Å². The van der Waals surface area contributed by atoms with E-state index in [9.17, 15) is 0 Å². The summed E-state index contributed by atoms with van der Waals surface area (Å²) in [6.07, 6.45) is 0. The van der Waals surface area contributed by atoms with Gasteiger partial charge in [0.1, 0.15) is 0 Å². The highest BCUT2D eigenvalue weighted by molar-refractivity contribution is 6.35. The molecule has 0 aliphatic carbocycles. The minimum atomic E-state index is 0.242. The summed E-state index contributed by atoms with van der Waals surface area (Å²) >= 11 is 12.2. The van der Waals surface area contributed by atoms with Crippen LogP contribution in [-0.2, 0) is 6.54 Å². The molecule has 0 aromatic heterocycles. The lowest BCUT2D eigenvalue weighted by Crippen LogP contribution is -2.33. The SMILES string of the molecule is CC(C)N1Cc2c(Cl)cc(Cl)cc2C1CN. The Balaban J connectivity index is 2.46. The van der Waals surface area contributed by atoms with Gasteiger partial charge in [0.25, 0.3) is 0 Å². The molecule has 88 valence electrons. The Kier molecular flexibility index (Phi) is 3.45. The van der Waals surface area contributed by atoms with Crippen molar-refractivity contribution in [2.75, 3.05) is 6.54 Å². The summed E-state index contributed by atoms with van der Waals surface area (Å²) in [4.78, 5) is 2.35. The van der Waals surface area contributed by atoms with E-state index in [0.29, 0.717) is 17.6 Å². The fraction of sp³-hybridized carbons (Fsp3) is 0.500. The Morgan fingerprint density at radius 2 is 2.12 bits per heavy atom. The molecular weight excluding hydrogens is 243 g/mol. The summed E-state index contributed by atoms with van der Waals surface area (Å²) in [5.74, 6) is 0. The molecule has 2 rings (SSSR count). The molecule has 0 saturated heterocycles. The van der Waals surface area contributed by atoms with Crippen LogP contribution in [0.15, 0.2) is 12.1 Å². The van der Waals surface area contributed by atoms with E-state index in [1.165, 1.54) is 11.1 Å². The minimum absolute atomic E-state index is 0.242. The lowest BCUT2D eigenvalue weighted by molar-refractivity contribution is 0.172. The third-order valence-corrected chi connectivity index (χ3v) is 3.74. The van der Waals surface area contributed by atoms with Crippen LogP contribution in [0.2, 0.25) is 10.0 Å². The highest BCUT2D eigenvalue weighted by atomic mass is 35.5. The number of nitrogens with zero attached hydrogens (tertiary/aromatic N) is 1. The summed E-state index contributed by atoms with van der Waals surface area (Å²) in [5.41, 5.74) is 8.21. The van der Waals surface area contributed by atoms with Crippen molar-refractivity contribution in [2.24, 2.45) is 5.73 Å². The van der Waals surface area contributed by atoms with Gasteiger partial charge in [0.15, 0.2) is 0 Å². The van der Waals surface area contributed by atoms with Gasteiger partial charge in [-0.1, -0.05) is 23.2 Å². The summed E-state index contributed by atoms with van der Waals surface area (Å²) in [7, 11) is 0. The molecule has 1 heterocycles. The predicted octanol–water partition coefficient (Wildman–Crippen LogP) is 3.22. The van der Waals surface area contributed by atoms with Gasteiger partial charge in [-0.05, 0) is 37.1 Å². The van der Waals surface area contributed by atoms with Gasteiger partial charge in [-0.15, -0.1) is 0 Å². The molecule has 1 aromatic carbocycles. The molecule has 2 N–H and O–H groups in total. The average Bonchev–Trinajstić information content (AvgIpc) is 2.56. The Labute approximate surface area is 106 Å². The van der Waals surface area contributed by atoms with Gasteiger partial charge < -0.3 is 5.73 Å². The van der Waals surface area contributed by atoms with E-state index in [2.05, 4.69) is 18.7 Å². The zero-order chi connectivity index (χ0) is 11.9. The van der Waals surface area contributed by atoms with E-state index in [-0.39, 0.29) is 6.04 Å². The van der Waals surface area contributed by atoms with E-state index >= 15 is 0 Å². The second-order valence-electron chi connectivity index (χ2n) is 4.47. The van der Waals surface area contributed by atoms with Crippen molar-refractivity contribution in [2.45, 2.75) is 32.5 Å². The van der Waals surface area contributed by atoms with E-state index in [1.54, 1.807) is 6.07 Å². The molecule has 1 unspecified atom stereocenters. The number of fused-ring (bicyclic) bond motifs is 1. The molecule has 16 heavy (non-hydrogen) atoms. The molecule has 0 spiro atoms. The van der Waals surface area contributed by atoms with Gasteiger partial charge in [-0.25, -0.2) is 0 Å². The molecule has 0 saturated carbocycles. The number of hydrogen-bond acceptors (Lipinski definition) is 2. The quantitative estimate of drug-likeness (QED) is 0.883. The van der Waals surface area contributed by atoms with Gasteiger partial charge in [0.2, 0.25) is 0 Å². The standard InChI is InChI=1S/C12H16Cl2N2/c1-7(2)16-6-10-9(12(16)5-15)3-8(13)4-11(10)14/h3-4,7,12H,5-6,15H2,1-2H3. The maximum absolute atomic E-state index is 6.22. The number of rotatable bonds is 2. The van der Waals surface area contributed by atoms with Crippen molar-refractivity contribution in [1.29, 1.82) is 0 Å². The van der Waals surface area contributed by atoms with E-state index in [1.807, 2.05) is 6.07 Å². The van der Waals surface area contributed by atoms with Crippen LogP contribution in [0, 0.1) is 0 Å². The van der Waals surface area contributed by atoms with E-state index in [4.69, 9.17) is 28.9 Å². The van der Waals surface area contributed by atoms with Crippen LogP contribution < -0.4 is 5.73 Å². The smallest absolute Gasteiger partial charge is 0.0481 e. The highest BCUT2D eigenvalue weighted by Gasteiger charge is 2.32. The first-order valence-electron chi connectivity index (χ1n) is 5.48. The first kappa shape index (κ1) is 12.2. The largest absolute Gasteiger partial charge is 0.329 e. The van der Waals surface area contributed by atoms with Crippen molar-refractivity contribution < 1.29 is 0 Å². The summed E-state index contributed by atoms with van der Waals surface area (Å²) < 4.78 is 0. The van der Waals surface area contributed by atoms with Gasteiger partial charge in [0.05, 0.1) is 0 Å². The van der Waals surface area contributed by atoms with Crippen molar-refractivity contribution in [3.63, 3.8) is 0 Å². The van der Waals surface area contributed by atoms with Gasteiger partial charge in [0, 0.05) is 35.2 Å². The monoisotopic (exact) mass is 258 g/mol. The number of halogens is 2. The lowest BCUT2D eigenvalue weighted by atomic mass is 10.0. The molecule has 1 aliphatic heterocycles. The molecule has 1 aliphatic rings. The number of nitrogens with two attached hydrogens (primary N) is 1. The Bertz CT molecular complexity index is 404. The molecule has 0 bridgehead atoms. The molecule has 1 atom stereocenters. The maximum atomic E-state index is 6.22. The second-order valence-corrected chi connectivity index (χ2v) is 5.32. The summed E-state index contributed by atoms with van der Waals surface area (Å²) in [5, 5.41) is 1.44. The summed E-state index contributed by atoms with van der Waals surface area (Å²) in [6.45, 7) is 5.81. The summed E-state index contributed by atoms with van der Waals surface area (Å²) in [6, 6.07) is 4.49. The number of hydrogen-bond donors (Lipinski definition) is 1. The molecule has 0 fully saturated rings. The third kappa shape index (κ3) is 1.95. The molecule has 0 radical (unpaired) electrons. The molecule has 1 aromatic rings. The minimum Gasteiger partial charge on any atom is -0.329 e. The Morgan fingerprint density at radius 3 is 2.69 bits per heavy atom. The maximum Gasteiger partial charge on any atom is 0.0481 e. The zero-order valence-electron chi connectivity index (χ0n) is 9.50. The van der Waals surface area contributed by atoms with Crippen molar-refractivity contribution in [1.82, 2.24) is 4.90 Å². The second kappa shape index (κ2) is 4.53. The number of benzene rings is 1. The topological polar surface area (TPSA) is 29.3 Å². The van der Waals surface area contributed by atoms with E-state index in [0.717, 1.165) is 11.6 Å². The molecule has 2 nitrogen and oxygen atoms in total. The van der Waals surface area contributed by atoms with Crippen LogP contribution >= 0.6 is 23.2 Å². The lowest BCUT2D eigenvalue weighted by Gasteiger charge is -2.27. The van der Waals surface area contributed by atoms with Crippen molar-refractivity contribution >= 4 is 23.2 Å². The third-order valence-electron chi connectivity index (χ3n) is 3.18. The van der Waals surface area contributed by atoms with Crippen LogP contribution in [0.3, 0.4) is 0 Å². The van der Waals surface area contributed by atoms with Crippen molar-refractivity contribution in [3.05, 3.63) is 33.3 Å². The average molecular weight is 259 g/mol. The van der Waals surface area contributed by atoms with Crippen LogP contribution in [0.1, 0.15) is 31.0 Å². The first-order valence-corrected chi connectivity index (χ1v) is 6.23. The van der Waals surface area contributed by atoms with Gasteiger partial charge >= 0.3 is 0 Å². The van der Waals surface area contributed by atoms with Crippen LogP contribution in [0.25, 0.3) is 0 Å². The molecule has 0 amide bonds. The van der Waals surface area contributed by atoms with Crippen molar-refractivity contribution in [3.8, 4) is 0 Å². The van der Waals surface area contributed by atoms with Gasteiger partial charge in [-0.3, -0.25) is 4.90 Å². The van der Waals surface area contributed by atoms with Crippen LogP contribution in [0.5, 0.6) is 0 Å². The fourth-order valence-electron chi connectivity index (χ4n) is 2.36.